The quantitative estimate of drug-likeness (QED) is 0.894. The van der Waals surface area contributed by atoms with Gasteiger partial charge in [0.05, 0.1) is 4.90 Å². The fourth-order valence-electron chi connectivity index (χ4n) is 3.22. The molecule has 1 amide bonds. The highest BCUT2D eigenvalue weighted by atomic mass is 32.2. The van der Waals surface area contributed by atoms with Crippen LogP contribution in [0.5, 0.6) is 0 Å². The van der Waals surface area contributed by atoms with E-state index < -0.39 is 16.1 Å². The summed E-state index contributed by atoms with van der Waals surface area (Å²) in [7, 11) is -3.69. The average molecular weight is 372 g/mol. The summed E-state index contributed by atoms with van der Waals surface area (Å²) in [5, 5.41) is 2.91. The van der Waals surface area contributed by atoms with Crippen LogP contribution in [0.4, 0.5) is 5.69 Å². The molecule has 2 aromatic rings. The molecule has 0 bridgehead atoms. The lowest BCUT2D eigenvalue weighted by Crippen LogP contribution is -2.43. The average Bonchev–Trinajstić information content (AvgIpc) is 3.09. The van der Waals surface area contributed by atoms with Crippen molar-refractivity contribution in [2.45, 2.75) is 44.6 Å². The van der Waals surface area contributed by atoms with Crippen LogP contribution in [0, 0.1) is 20.8 Å². The molecule has 6 heteroatoms. The first-order valence-electron chi connectivity index (χ1n) is 8.75. The Hall–Kier alpha value is -2.18. The number of carbonyl (C=O) groups is 1. The van der Waals surface area contributed by atoms with E-state index in [1.54, 1.807) is 24.3 Å². The van der Waals surface area contributed by atoms with Gasteiger partial charge >= 0.3 is 0 Å². The SMILES string of the molecule is Cc1ccc(S(=O)(=O)N2CCCC2C(=O)Nc2cc(C)ccc2C)cc1. The molecule has 1 atom stereocenters. The zero-order valence-corrected chi connectivity index (χ0v) is 16.1. The summed E-state index contributed by atoms with van der Waals surface area (Å²) in [6.07, 6.45) is 1.21. The number of hydrogen-bond donors (Lipinski definition) is 1. The third kappa shape index (κ3) is 3.66. The Labute approximate surface area is 155 Å². The van der Waals surface area contributed by atoms with Gasteiger partial charge in [0.1, 0.15) is 6.04 Å². The zero-order chi connectivity index (χ0) is 18.9. The van der Waals surface area contributed by atoms with Gasteiger partial charge in [0.2, 0.25) is 15.9 Å². The van der Waals surface area contributed by atoms with E-state index in [1.807, 2.05) is 39.0 Å². The summed E-state index contributed by atoms with van der Waals surface area (Å²) < 4.78 is 27.3. The molecule has 5 nitrogen and oxygen atoms in total. The molecule has 1 unspecified atom stereocenters. The molecule has 26 heavy (non-hydrogen) atoms. The molecule has 0 radical (unpaired) electrons. The molecule has 2 aromatic carbocycles. The van der Waals surface area contributed by atoms with Crippen molar-refractivity contribution >= 4 is 21.6 Å². The molecule has 1 saturated heterocycles. The second-order valence-electron chi connectivity index (χ2n) is 6.89. The maximum Gasteiger partial charge on any atom is 0.243 e. The van der Waals surface area contributed by atoms with Gasteiger partial charge in [0.25, 0.3) is 0 Å². The smallest absolute Gasteiger partial charge is 0.243 e. The first-order chi connectivity index (χ1) is 12.3. The van der Waals surface area contributed by atoms with Crippen molar-refractivity contribution in [2.75, 3.05) is 11.9 Å². The van der Waals surface area contributed by atoms with Crippen molar-refractivity contribution in [1.29, 1.82) is 0 Å². The summed E-state index contributed by atoms with van der Waals surface area (Å²) in [4.78, 5) is 13.0. The van der Waals surface area contributed by atoms with Crippen LogP contribution in [-0.4, -0.2) is 31.2 Å². The third-order valence-electron chi connectivity index (χ3n) is 4.78. The third-order valence-corrected chi connectivity index (χ3v) is 6.71. The summed E-state index contributed by atoms with van der Waals surface area (Å²) in [6.45, 7) is 6.15. The van der Waals surface area contributed by atoms with Crippen molar-refractivity contribution < 1.29 is 13.2 Å². The Balaban J connectivity index is 1.84. The van der Waals surface area contributed by atoms with Crippen molar-refractivity contribution in [3.05, 3.63) is 59.2 Å². The Morgan fingerprint density at radius 2 is 1.69 bits per heavy atom. The Bertz CT molecular complexity index is 921. The molecule has 0 aromatic heterocycles. The van der Waals surface area contributed by atoms with Crippen molar-refractivity contribution in [1.82, 2.24) is 4.31 Å². The van der Waals surface area contributed by atoms with Crippen LogP contribution in [0.15, 0.2) is 47.4 Å². The van der Waals surface area contributed by atoms with E-state index in [0.29, 0.717) is 19.4 Å². The van der Waals surface area contributed by atoms with Gasteiger partial charge in [-0.05, 0) is 62.9 Å². The number of aryl methyl sites for hydroxylation is 3. The van der Waals surface area contributed by atoms with E-state index >= 15 is 0 Å². The van der Waals surface area contributed by atoms with Gasteiger partial charge in [0.15, 0.2) is 0 Å². The van der Waals surface area contributed by atoms with E-state index in [4.69, 9.17) is 0 Å². The Kier molecular flexibility index (Phi) is 5.16. The minimum absolute atomic E-state index is 0.231. The maximum absolute atomic E-state index is 13.0. The topological polar surface area (TPSA) is 66.5 Å². The maximum atomic E-state index is 13.0. The zero-order valence-electron chi connectivity index (χ0n) is 15.3. The van der Waals surface area contributed by atoms with Gasteiger partial charge in [-0.25, -0.2) is 8.42 Å². The molecular formula is C20H24N2O3S. The summed E-state index contributed by atoms with van der Waals surface area (Å²) in [6, 6.07) is 11.9. The van der Waals surface area contributed by atoms with Gasteiger partial charge in [0, 0.05) is 12.2 Å². The van der Waals surface area contributed by atoms with Crippen LogP contribution in [0.25, 0.3) is 0 Å². The highest BCUT2D eigenvalue weighted by molar-refractivity contribution is 7.89. The highest BCUT2D eigenvalue weighted by Crippen LogP contribution is 2.27. The van der Waals surface area contributed by atoms with Crippen LogP contribution in [-0.2, 0) is 14.8 Å². The molecule has 1 fully saturated rings. The number of anilines is 1. The van der Waals surface area contributed by atoms with E-state index in [-0.39, 0.29) is 10.8 Å². The molecule has 3 rings (SSSR count). The molecular weight excluding hydrogens is 348 g/mol. The van der Waals surface area contributed by atoms with E-state index in [9.17, 15) is 13.2 Å². The van der Waals surface area contributed by atoms with E-state index in [2.05, 4.69) is 5.32 Å². The summed E-state index contributed by atoms with van der Waals surface area (Å²) >= 11 is 0. The number of carbonyl (C=O) groups excluding carboxylic acids is 1. The fourth-order valence-corrected chi connectivity index (χ4v) is 4.88. The standard InChI is InChI=1S/C20H24N2O3S/c1-14-7-10-17(11-8-14)26(24,25)22-12-4-5-19(22)20(23)21-18-13-15(2)6-9-16(18)3/h6-11,13,19H,4-5,12H2,1-3H3,(H,21,23). The summed E-state index contributed by atoms with van der Waals surface area (Å²) in [5.41, 5.74) is 3.72. The minimum atomic E-state index is -3.69. The molecule has 138 valence electrons. The van der Waals surface area contributed by atoms with Crippen LogP contribution in [0.1, 0.15) is 29.5 Å². The van der Waals surface area contributed by atoms with Gasteiger partial charge in [-0.15, -0.1) is 0 Å². The van der Waals surface area contributed by atoms with Crippen LogP contribution in [0.3, 0.4) is 0 Å². The van der Waals surface area contributed by atoms with Gasteiger partial charge in [-0.1, -0.05) is 29.8 Å². The number of amides is 1. The number of nitrogens with one attached hydrogen (secondary N) is 1. The highest BCUT2D eigenvalue weighted by Gasteiger charge is 2.39. The minimum Gasteiger partial charge on any atom is -0.324 e. The van der Waals surface area contributed by atoms with E-state index in [1.165, 1.54) is 4.31 Å². The fraction of sp³-hybridized carbons (Fsp3) is 0.350. The number of benzene rings is 2. The molecule has 0 spiro atoms. The van der Waals surface area contributed by atoms with Crippen molar-refractivity contribution in [3.8, 4) is 0 Å². The molecule has 1 N–H and O–H groups in total. The Morgan fingerprint density at radius 1 is 1.04 bits per heavy atom. The van der Waals surface area contributed by atoms with Crippen molar-refractivity contribution in [2.24, 2.45) is 0 Å². The van der Waals surface area contributed by atoms with Crippen LogP contribution in [0.2, 0.25) is 0 Å². The molecule has 0 aliphatic carbocycles. The lowest BCUT2D eigenvalue weighted by molar-refractivity contribution is -0.119. The predicted molar refractivity (Wildman–Crippen MR) is 103 cm³/mol. The van der Waals surface area contributed by atoms with Gasteiger partial charge < -0.3 is 5.32 Å². The van der Waals surface area contributed by atoms with Gasteiger partial charge in [-0.3, -0.25) is 4.79 Å². The summed E-state index contributed by atoms with van der Waals surface area (Å²) in [5.74, 6) is -0.271. The van der Waals surface area contributed by atoms with Crippen LogP contribution < -0.4 is 5.32 Å². The molecule has 1 aliphatic heterocycles. The molecule has 1 aliphatic rings. The monoisotopic (exact) mass is 372 g/mol. The predicted octanol–water partition coefficient (Wildman–Crippen LogP) is 3.40. The Morgan fingerprint density at radius 3 is 2.38 bits per heavy atom. The van der Waals surface area contributed by atoms with Crippen LogP contribution >= 0.6 is 0 Å². The lowest BCUT2D eigenvalue weighted by Gasteiger charge is -2.24. The first kappa shape index (κ1) is 18.6. The number of hydrogen-bond acceptors (Lipinski definition) is 3. The number of sulfonamides is 1. The molecule has 0 saturated carbocycles. The largest absolute Gasteiger partial charge is 0.324 e. The van der Waals surface area contributed by atoms with Crippen molar-refractivity contribution in [3.63, 3.8) is 0 Å². The first-order valence-corrected chi connectivity index (χ1v) is 10.2. The second kappa shape index (κ2) is 7.21. The normalized spacial score (nSPS) is 18.0. The van der Waals surface area contributed by atoms with E-state index in [0.717, 1.165) is 22.4 Å². The number of nitrogens with zero attached hydrogens (tertiary/aromatic N) is 1. The van der Waals surface area contributed by atoms with Gasteiger partial charge in [-0.2, -0.15) is 4.31 Å². The lowest BCUT2D eigenvalue weighted by atomic mass is 10.1. The second-order valence-corrected chi connectivity index (χ2v) is 8.79. The number of rotatable bonds is 4. The molecule has 1 heterocycles.